The Hall–Kier alpha value is -1.66. The molecule has 6 heteroatoms. The molecule has 2 N–H and O–H groups in total. The van der Waals surface area contributed by atoms with E-state index in [0.717, 1.165) is 37.9 Å². The second-order valence-electron chi connectivity index (χ2n) is 5.16. The summed E-state index contributed by atoms with van der Waals surface area (Å²) in [5.41, 5.74) is 1.65. The third kappa shape index (κ3) is 3.26. The molecule has 1 heterocycles. The summed E-state index contributed by atoms with van der Waals surface area (Å²) < 4.78 is 0. The highest BCUT2D eigenvalue weighted by Gasteiger charge is 2.22. The SMILES string of the molecule is CNc1cc(CN2CCCCC2CO)ccc1[N+](=O)[O-]. The van der Waals surface area contributed by atoms with Crippen LogP contribution in [0.5, 0.6) is 0 Å². The fourth-order valence-electron chi connectivity index (χ4n) is 2.75. The van der Waals surface area contributed by atoms with Crippen LogP contribution in [0, 0.1) is 10.1 Å². The van der Waals surface area contributed by atoms with Gasteiger partial charge in [-0.05, 0) is 31.0 Å². The Labute approximate surface area is 118 Å². The lowest BCUT2D eigenvalue weighted by atomic mass is 10.0. The molecule has 2 rings (SSSR count). The van der Waals surface area contributed by atoms with Gasteiger partial charge in [-0.2, -0.15) is 0 Å². The number of aliphatic hydroxyl groups is 1. The number of rotatable bonds is 5. The number of nitrogens with one attached hydrogen (secondary N) is 1. The molecule has 0 saturated carbocycles. The molecule has 1 aromatic carbocycles. The van der Waals surface area contributed by atoms with Crippen LogP contribution in [0.2, 0.25) is 0 Å². The van der Waals surface area contributed by atoms with Gasteiger partial charge in [-0.3, -0.25) is 15.0 Å². The van der Waals surface area contributed by atoms with E-state index in [1.54, 1.807) is 19.2 Å². The van der Waals surface area contributed by atoms with Gasteiger partial charge in [-0.15, -0.1) is 0 Å². The third-order valence-corrected chi connectivity index (χ3v) is 3.87. The van der Waals surface area contributed by atoms with E-state index in [1.165, 1.54) is 0 Å². The van der Waals surface area contributed by atoms with Crippen LogP contribution in [-0.4, -0.2) is 41.2 Å². The summed E-state index contributed by atoms with van der Waals surface area (Å²) in [6.07, 6.45) is 3.31. The third-order valence-electron chi connectivity index (χ3n) is 3.87. The van der Waals surface area contributed by atoms with E-state index in [-0.39, 0.29) is 23.3 Å². The van der Waals surface area contributed by atoms with Crippen molar-refractivity contribution < 1.29 is 10.0 Å². The zero-order valence-corrected chi connectivity index (χ0v) is 11.7. The minimum Gasteiger partial charge on any atom is -0.395 e. The van der Waals surface area contributed by atoms with Crippen molar-refractivity contribution in [3.63, 3.8) is 0 Å². The van der Waals surface area contributed by atoms with E-state index in [4.69, 9.17) is 0 Å². The lowest BCUT2D eigenvalue weighted by molar-refractivity contribution is -0.384. The molecular weight excluding hydrogens is 258 g/mol. The van der Waals surface area contributed by atoms with Crippen molar-refractivity contribution in [3.05, 3.63) is 33.9 Å². The number of hydrogen-bond acceptors (Lipinski definition) is 5. The monoisotopic (exact) mass is 279 g/mol. The fourth-order valence-corrected chi connectivity index (χ4v) is 2.75. The first-order valence-corrected chi connectivity index (χ1v) is 6.95. The van der Waals surface area contributed by atoms with Crippen LogP contribution in [-0.2, 0) is 6.54 Å². The summed E-state index contributed by atoms with van der Waals surface area (Å²) in [6.45, 7) is 1.86. The molecule has 1 aromatic rings. The normalized spacial score (nSPS) is 19.8. The molecule has 6 nitrogen and oxygen atoms in total. The van der Waals surface area contributed by atoms with Crippen molar-refractivity contribution in [1.29, 1.82) is 0 Å². The Bertz CT molecular complexity index is 479. The Morgan fingerprint density at radius 3 is 2.95 bits per heavy atom. The minimum absolute atomic E-state index is 0.0913. The Balaban J connectivity index is 2.14. The maximum absolute atomic E-state index is 10.9. The van der Waals surface area contributed by atoms with Crippen LogP contribution >= 0.6 is 0 Å². The number of nitro benzene ring substituents is 1. The highest BCUT2D eigenvalue weighted by atomic mass is 16.6. The molecular formula is C14H21N3O3. The second-order valence-corrected chi connectivity index (χ2v) is 5.16. The van der Waals surface area contributed by atoms with Crippen molar-refractivity contribution in [1.82, 2.24) is 4.90 Å². The second kappa shape index (κ2) is 6.67. The van der Waals surface area contributed by atoms with Crippen molar-refractivity contribution >= 4 is 11.4 Å². The molecule has 0 aliphatic carbocycles. The van der Waals surface area contributed by atoms with Crippen LogP contribution in [0.3, 0.4) is 0 Å². The number of hydrogen-bond donors (Lipinski definition) is 2. The van der Waals surface area contributed by atoms with E-state index in [1.807, 2.05) is 6.07 Å². The molecule has 1 aliphatic heterocycles. The maximum atomic E-state index is 10.9. The predicted molar refractivity (Wildman–Crippen MR) is 77.8 cm³/mol. The van der Waals surface area contributed by atoms with E-state index in [2.05, 4.69) is 10.2 Å². The minimum atomic E-state index is -0.382. The maximum Gasteiger partial charge on any atom is 0.292 e. The van der Waals surface area contributed by atoms with Gasteiger partial charge in [0.2, 0.25) is 0 Å². The standard InChI is InChI=1S/C14H21N3O3/c1-15-13-8-11(5-6-14(13)17(19)20)9-16-7-3-2-4-12(16)10-18/h5-6,8,12,15,18H,2-4,7,9-10H2,1H3. The van der Waals surface area contributed by atoms with Crippen LogP contribution in [0.25, 0.3) is 0 Å². The smallest absolute Gasteiger partial charge is 0.292 e. The molecule has 1 saturated heterocycles. The molecule has 0 bridgehead atoms. The molecule has 1 unspecified atom stereocenters. The first-order chi connectivity index (χ1) is 9.65. The molecule has 0 spiro atoms. The number of likely N-dealkylation sites (tertiary alicyclic amines) is 1. The zero-order valence-electron chi connectivity index (χ0n) is 11.7. The van der Waals surface area contributed by atoms with Gasteiger partial charge in [0.1, 0.15) is 5.69 Å². The number of piperidine rings is 1. The number of aliphatic hydroxyl groups excluding tert-OH is 1. The molecule has 0 radical (unpaired) electrons. The molecule has 20 heavy (non-hydrogen) atoms. The van der Waals surface area contributed by atoms with Gasteiger partial charge >= 0.3 is 0 Å². The summed E-state index contributed by atoms with van der Waals surface area (Å²) in [4.78, 5) is 12.8. The van der Waals surface area contributed by atoms with Crippen LogP contribution in [0.1, 0.15) is 24.8 Å². The van der Waals surface area contributed by atoms with Crippen molar-refractivity contribution in [3.8, 4) is 0 Å². The summed E-state index contributed by atoms with van der Waals surface area (Å²) >= 11 is 0. The number of nitrogens with zero attached hydrogens (tertiary/aromatic N) is 2. The van der Waals surface area contributed by atoms with Gasteiger partial charge in [0.05, 0.1) is 11.5 Å². The first-order valence-electron chi connectivity index (χ1n) is 6.95. The first kappa shape index (κ1) is 14.7. The van der Waals surface area contributed by atoms with E-state index in [9.17, 15) is 15.2 Å². The van der Waals surface area contributed by atoms with Gasteiger partial charge in [-0.25, -0.2) is 0 Å². The molecule has 1 aliphatic rings. The summed E-state index contributed by atoms with van der Waals surface area (Å²) in [6, 6.07) is 5.36. The van der Waals surface area contributed by atoms with Crippen molar-refractivity contribution in [2.24, 2.45) is 0 Å². The zero-order chi connectivity index (χ0) is 14.5. The number of benzene rings is 1. The van der Waals surface area contributed by atoms with Gasteiger partial charge < -0.3 is 10.4 Å². The van der Waals surface area contributed by atoms with Gasteiger partial charge in [-0.1, -0.05) is 12.5 Å². The molecule has 0 amide bonds. The van der Waals surface area contributed by atoms with Crippen LogP contribution in [0.4, 0.5) is 11.4 Å². The average molecular weight is 279 g/mol. The number of nitro groups is 1. The van der Waals surface area contributed by atoms with E-state index in [0.29, 0.717) is 5.69 Å². The fraction of sp³-hybridized carbons (Fsp3) is 0.571. The van der Waals surface area contributed by atoms with Crippen LogP contribution < -0.4 is 5.32 Å². The largest absolute Gasteiger partial charge is 0.395 e. The Morgan fingerprint density at radius 2 is 2.30 bits per heavy atom. The molecule has 1 atom stereocenters. The molecule has 1 fully saturated rings. The average Bonchev–Trinajstić information content (AvgIpc) is 2.47. The topological polar surface area (TPSA) is 78.6 Å². The Morgan fingerprint density at radius 1 is 1.50 bits per heavy atom. The van der Waals surface area contributed by atoms with Crippen molar-refractivity contribution in [2.75, 3.05) is 25.5 Å². The van der Waals surface area contributed by atoms with Gasteiger partial charge in [0.25, 0.3) is 5.69 Å². The van der Waals surface area contributed by atoms with E-state index < -0.39 is 0 Å². The molecule has 0 aromatic heterocycles. The van der Waals surface area contributed by atoms with Crippen molar-refractivity contribution in [2.45, 2.75) is 31.8 Å². The van der Waals surface area contributed by atoms with E-state index >= 15 is 0 Å². The van der Waals surface area contributed by atoms with Crippen LogP contribution in [0.15, 0.2) is 18.2 Å². The lowest BCUT2D eigenvalue weighted by Crippen LogP contribution is -2.41. The quantitative estimate of drug-likeness (QED) is 0.636. The van der Waals surface area contributed by atoms with Gasteiger partial charge in [0, 0.05) is 25.7 Å². The predicted octanol–water partition coefficient (Wildman–Crippen LogP) is 1.98. The summed E-state index contributed by atoms with van der Waals surface area (Å²) in [5, 5.41) is 23.2. The number of anilines is 1. The Kier molecular flexibility index (Phi) is 4.92. The summed E-state index contributed by atoms with van der Waals surface area (Å²) in [7, 11) is 1.68. The molecule has 110 valence electrons. The van der Waals surface area contributed by atoms with Gasteiger partial charge in [0.15, 0.2) is 0 Å². The highest BCUT2D eigenvalue weighted by molar-refractivity contribution is 5.62. The highest BCUT2D eigenvalue weighted by Crippen LogP contribution is 2.27. The lowest BCUT2D eigenvalue weighted by Gasteiger charge is -2.34. The summed E-state index contributed by atoms with van der Waals surface area (Å²) in [5.74, 6) is 0.